The van der Waals surface area contributed by atoms with E-state index >= 15 is 0 Å². The Morgan fingerprint density at radius 2 is 1.54 bits per heavy atom. The number of carbonyl (C=O) groups excluding carboxylic acids is 3. The maximum atomic E-state index is 13.0. The summed E-state index contributed by atoms with van der Waals surface area (Å²) in [6, 6.07) is 18.2. The molecule has 1 N–H and O–H groups in total. The number of esters is 2. The molecule has 2 rings (SSSR count). The molecule has 188 valence electrons. The van der Waals surface area contributed by atoms with Gasteiger partial charge in [-0.1, -0.05) is 92.5 Å². The monoisotopic (exact) mass is 497 g/mol. The van der Waals surface area contributed by atoms with Gasteiger partial charge >= 0.3 is 18.0 Å². The average molecular weight is 498 g/mol. The van der Waals surface area contributed by atoms with Gasteiger partial charge in [0.05, 0.1) is 19.6 Å². The summed E-state index contributed by atoms with van der Waals surface area (Å²) >= 11 is 0. The topological polar surface area (TPSA) is 90.9 Å². The van der Waals surface area contributed by atoms with Crippen molar-refractivity contribution in [2.24, 2.45) is 5.92 Å². The molecule has 2 aromatic rings. The number of amides is 1. The Balaban J connectivity index is 2.16. The lowest BCUT2D eigenvalue weighted by Crippen LogP contribution is -2.49. The Hall–Kier alpha value is -3.39. The Morgan fingerprint density at radius 3 is 2.14 bits per heavy atom. The van der Waals surface area contributed by atoms with Crippen LogP contribution in [0.5, 0.6) is 0 Å². The number of nitrogens with one attached hydrogen (secondary N) is 1. The van der Waals surface area contributed by atoms with Crippen LogP contribution in [-0.2, 0) is 30.4 Å². The first-order chi connectivity index (χ1) is 16.7. The van der Waals surface area contributed by atoms with Gasteiger partial charge in [0.15, 0.2) is 0 Å². The summed E-state index contributed by atoms with van der Waals surface area (Å²) in [4.78, 5) is 38.2. The maximum Gasteiger partial charge on any atom is 0.408 e. The number of hydrogen-bond acceptors (Lipinski definition) is 6. The summed E-state index contributed by atoms with van der Waals surface area (Å²) in [5.41, 5.74) is 1.74. The largest absolute Gasteiger partial charge is 0.469 e. The fraction of sp³-hybridized carbons (Fsp3) is 0.370. The quantitative estimate of drug-likeness (QED) is 0.251. The molecule has 1 amide bonds. The summed E-state index contributed by atoms with van der Waals surface area (Å²) in [6.07, 6.45) is 2.96. The molecule has 0 aliphatic heterocycles. The molecule has 2 atom stereocenters. The van der Waals surface area contributed by atoms with E-state index in [2.05, 4.69) is 25.0 Å². The molecule has 0 heterocycles. The third kappa shape index (κ3) is 10.6. The Labute approximate surface area is 208 Å². The highest BCUT2D eigenvalue weighted by molar-refractivity contribution is 6.76. The second-order valence-corrected chi connectivity index (χ2v) is 15.0. The zero-order chi connectivity index (χ0) is 25.7. The summed E-state index contributed by atoms with van der Waals surface area (Å²) < 4.78 is 15.7. The molecule has 0 fully saturated rings. The van der Waals surface area contributed by atoms with Crippen molar-refractivity contribution in [2.45, 2.75) is 44.8 Å². The number of hydrogen-bond donors (Lipinski definition) is 1. The van der Waals surface area contributed by atoms with Crippen LogP contribution in [0.2, 0.25) is 25.7 Å². The van der Waals surface area contributed by atoms with Gasteiger partial charge in [-0.2, -0.15) is 0 Å². The van der Waals surface area contributed by atoms with Crippen molar-refractivity contribution in [3.05, 3.63) is 77.9 Å². The standard InChI is InChI=1S/C27H35NO6Si/c1-32-25(29)23(17-11-16-21-12-7-5-8-13-21)24(26(30)33-18-19-35(2,3)4)28-27(31)34-20-22-14-9-6-10-15-22/h5-16,23-24H,17-20H2,1-4H3,(H,28,31)/b16-11+/t23-,24+/m1/s1. The minimum atomic E-state index is -1.45. The van der Waals surface area contributed by atoms with Crippen LogP contribution in [0.4, 0.5) is 4.79 Å². The first kappa shape index (κ1) is 27.8. The number of alkyl carbamates (subject to hydrolysis) is 1. The lowest BCUT2D eigenvalue weighted by molar-refractivity contribution is -0.155. The molecule has 7 nitrogen and oxygen atoms in total. The van der Waals surface area contributed by atoms with Crippen molar-refractivity contribution in [1.29, 1.82) is 0 Å². The lowest BCUT2D eigenvalue weighted by Gasteiger charge is -2.24. The van der Waals surface area contributed by atoms with Crippen molar-refractivity contribution < 1.29 is 28.6 Å². The Bertz CT molecular complexity index is 972. The maximum absolute atomic E-state index is 13.0. The molecule has 0 saturated carbocycles. The second kappa shape index (κ2) is 14.1. The third-order valence-electron chi connectivity index (χ3n) is 5.24. The summed E-state index contributed by atoms with van der Waals surface area (Å²) in [5.74, 6) is -2.30. The molecule has 0 spiro atoms. The molecule has 0 radical (unpaired) electrons. The predicted octanol–water partition coefficient (Wildman–Crippen LogP) is 5.06. The molecule has 8 heteroatoms. The first-order valence-corrected chi connectivity index (χ1v) is 15.3. The highest BCUT2D eigenvalue weighted by Gasteiger charge is 2.37. The fourth-order valence-corrected chi connectivity index (χ4v) is 3.91. The molecular weight excluding hydrogens is 462 g/mol. The van der Waals surface area contributed by atoms with E-state index in [-0.39, 0.29) is 19.6 Å². The summed E-state index contributed by atoms with van der Waals surface area (Å²) in [6.45, 7) is 6.76. The summed E-state index contributed by atoms with van der Waals surface area (Å²) in [7, 11) is -0.200. The van der Waals surface area contributed by atoms with Crippen LogP contribution in [0.3, 0.4) is 0 Å². The van der Waals surface area contributed by atoms with E-state index in [0.717, 1.165) is 17.2 Å². The van der Waals surface area contributed by atoms with Gasteiger partial charge < -0.3 is 19.5 Å². The van der Waals surface area contributed by atoms with Crippen LogP contribution >= 0.6 is 0 Å². The molecule has 0 aliphatic rings. The number of benzene rings is 2. The molecule has 2 aromatic carbocycles. The SMILES string of the molecule is COC(=O)[C@H](C/C=C/c1ccccc1)[C@H](NC(=O)OCc1ccccc1)C(=O)OCC[Si](C)(C)C. The van der Waals surface area contributed by atoms with Crippen LogP contribution in [-0.4, -0.2) is 45.9 Å². The van der Waals surface area contributed by atoms with Gasteiger partial charge in [-0.3, -0.25) is 4.79 Å². The highest BCUT2D eigenvalue weighted by atomic mass is 28.3. The zero-order valence-electron chi connectivity index (χ0n) is 20.9. The van der Waals surface area contributed by atoms with E-state index in [9.17, 15) is 14.4 Å². The van der Waals surface area contributed by atoms with Crippen molar-refractivity contribution >= 4 is 32.2 Å². The van der Waals surface area contributed by atoms with Gasteiger partial charge in [0, 0.05) is 8.07 Å². The van der Waals surface area contributed by atoms with Gasteiger partial charge in [-0.15, -0.1) is 0 Å². The van der Waals surface area contributed by atoms with Crippen molar-refractivity contribution in [2.75, 3.05) is 13.7 Å². The average Bonchev–Trinajstić information content (AvgIpc) is 2.84. The number of ether oxygens (including phenoxy) is 3. The summed E-state index contributed by atoms with van der Waals surface area (Å²) in [5, 5.41) is 2.54. The molecule has 0 aromatic heterocycles. The van der Waals surface area contributed by atoms with Crippen molar-refractivity contribution in [3.63, 3.8) is 0 Å². The number of carbonyl (C=O) groups is 3. The predicted molar refractivity (Wildman–Crippen MR) is 138 cm³/mol. The van der Waals surface area contributed by atoms with Gasteiger partial charge in [-0.25, -0.2) is 9.59 Å². The molecule has 0 aliphatic carbocycles. The first-order valence-electron chi connectivity index (χ1n) is 11.6. The van der Waals surface area contributed by atoms with E-state index < -0.39 is 38.1 Å². The van der Waals surface area contributed by atoms with Gasteiger partial charge in [0.1, 0.15) is 12.6 Å². The minimum absolute atomic E-state index is 0.0286. The van der Waals surface area contributed by atoms with E-state index in [1.807, 2.05) is 66.7 Å². The lowest BCUT2D eigenvalue weighted by atomic mass is 9.95. The fourth-order valence-electron chi connectivity index (χ4n) is 3.20. The van der Waals surface area contributed by atoms with Crippen molar-refractivity contribution in [3.8, 4) is 0 Å². The minimum Gasteiger partial charge on any atom is -0.469 e. The molecule has 0 bridgehead atoms. The Morgan fingerprint density at radius 1 is 0.914 bits per heavy atom. The zero-order valence-corrected chi connectivity index (χ0v) is 21.9. The van der Waals surface area contributed by atoms with E-state index in [4.69, 9.17) is 14.2 Å². The Kier molecular flexibility index (Phi) is 11.2. The van der Waals surface area contributed by atoms with Crippen LogP contribution in [0, 0.1) is 5.92 Å². The van der Waals surface area contributed by atoms with E-state index in [1.165, 1.54) is 7.11 Å². The molecular formula is C27H35NO6Si. The van der Waals surface area contributed by atoms with E-state index in [0.29, 0.717) is 0 Å². The number of rotatable bonds is 12. The van der Waals surface area contributed by atoms with Crippen LogP contribution in [0.1, 0.15) is 17.5 Å². The van der Waals surface area contributed by atoms with Crippen LogP contribution < -0.4 is 5.32 Å². The number of methoxy groups -OCH3 is 1. The molecule has 0 unspecified atom stereocenters. The molecule has 35 heavy (non-hydrogen) atoms. The second-order valence-electron chi connectivity index (χ2n) is 9.34. The highest BCUT2D eigenvalue weighted by Crippen LogP contribution is 2.17. The van der Waals surface area contributed by atoms with Crippen molar-refractivity contribution in [1.82, 2.24) is 5.32 Å². The van der Waals surface area contributed by atoms with Gasteiger partial charge in [-0.05, 0) is 23.6 Å². The third-order valence-corrected chi connectivity index (χ3v) is 6.95. The molecule has 0 saturated heterocycles. The van der Waals surface area contributed by atoms with Crippen LogP contribution in [0.15, 0.2) is 66.7 Å². The van der Waals surface area contributed by atoms with Gasteiger partial charge in [0.25, 0.3) is 0 Å². The van der Waals surface area contributed by atoms with E-state index in [1.54, 1.807) is 6.08 Å². The number of allylic oxidation sites excluding steroid dienone is 1. The van der Waals surface area contributed by atoms with Gasteiger partial charge in [0.2, 0.25) is 0 Å². The smallest absolute Gasteiger partial charge is 0.408 e. The van der Waals surface area contributed by atoms with Crippen LogP contribution in [0.25, 0.3) is 6.08 Å². The normalized spacial score (nSPS) is 13.0.